The fourth-order valence-electron chi connectivity index (χ4n) is 1.42. The van der Waals surface area contributed by atoms with E-state index in [9.17, 15) is 16.8 Å². The maximum Gasteiger partial charge on any atom is 0.244 e. The molecule has 0 bridgehead atoms. The Labute approximate surface area is 107 Å². The number of nitrogens with two attached hydrogens (primary N) is 1. The molecule has 1 aliphatic rings. The topological polar surface area (TPSA) is 118 Å². The van der Waals surface area contributed by atoms with Crippen molar-refractivity contribution in [3.05, 3.63) is 16.6 Å². The van der Waals surface area contributed by atoms with E-state index < -0.39 is 20.0 Å². The molecule has 0 radical (unpaired) electrons. The molecule has 1 aromatic carbocycles. The number of hydrogen-bond donors (Lipinski definition) is 3. The standard InChI is InChI=1S/C7H8BrN3O4S2/c8-4-1-5-7(2-6(4)16(9,12)13)17(14,15)11-3-10-5/h1-2,10-11H,3H2,(H2,9,12,13). The monoisotopic (exact) mass is 341 g/mol. The minimum absolute atomic E-state index is 0.0521. The largest absolute Gasteiger partial charge is 0.370 e. The van der Waals surface area contributed by atoms with E-state index in [1.807, 2.05) is 0 Å². The van der Waals surface area contributed by atoms with Gasteiger partial charge in [-0.3, -0.25) is 0 Å². The van der Waals surface area contributed by atoms with Crippen molar-refractivity contribution in [2.24, 2.45) is 5.14 Å². The van der Waals surface area contributed by atoms with Crippen molar-refractivity contribution in [1.29, 1.82) is 0 Å². The van der Waals surface area contributed by atoms with Gasteiger partial charge in [0.05, 0.1) is 17.3 Å². The predicted molar refractivity (Wildman–Crippen MR) is 64.3 cm³/mol. The van der Waals surface area contributed by atoms with E-state index in [1.54, 1.807) is 0 Å². The number of anilines is 1. The van der Waals surface area contributed by atoms with Crippen LogP contribution < -0.4 is 15.2 Å². The molecule has 2 rings (SSSR count). The van der Waals surface area contributed by atoms with Gasteiger partial charge < -0.3 is 5.32 Å². The summed E-state index contributed by atoms with van der Waals surface area (Å²) in [6.07, 6.45) is 0. The molecule has 7 nitrogen and oxygen atoms in total. The van der Waals surface area contributed by atoms with E-state index in [4.69, 9.17) is 5.14 Å². The van der Waals surface area contributed by atoms with Gasteiger partial charge in [0, 0.05) is 4.47 Å². The maximum absolute atomic E-state index is 11.7. The van der Waals surface area contributed by atoms with Gasteiger partial charge in [0.2, 0.25) is 20.0 Å². The van der Waals surface area contributed by atoms with Gasteiger partial charge in [0.25, 0.3) is 0 Å². The van der Waals surface area contributed by atoms with Crippen LogP contribution in [0, 0.1) is 0 Å². The average molecular weight is 342 g/mol. The highest BCUT2D eigenvalue weighted by molar-refractivity contribution is 9.10. The van der Waals surface area contributed by atoms with Crippen LogP contribution in [0.4, 0.5) is 5.69 Å². The molecule has 4 N–H and O–H groups in total. The third-order valence-corrected chi connectivity index (χ3v) is 5.48. The molecule has 0 spiro atoms. The van der Waals surface area contributed by atoms with Crippen LogP contribution >= 0.6 is 15.9 Å². The van der Waals surface area contributed by atoms with Crippen LogP contribution in [0.25, 0.3) is 0 Å². The molecule has 0 aromatic heterocycles. The molecule has 94 valence electrons. The predicted octanol–water partition coefficient (Wildman–Crippen LogP) is -0.242. The van der Waals surface area contributed by atoms with E-state index in [2.05, 4.69) is 26.0 Å². The quantitative estimate of drug-likeness (QED) is 0.651. The summed E-state index contributed by atoms with van der Waals surface area (Å²) in [5.74, 6) is 0. The van der Waals surface area contributed by atoms with Gasteiger partial charge in [0.15, 0.2) is 0 Å². The molecule has 1 aromatic rings. The lowest BCUT2D eigenvalue weighted by Gasteiger charge is -2.20. The number of rotatable bonds is 1. The van der Waals surface area contributed by atoms with E-state index in [0.29, 0.717) is 5.69 Å². The van der Waals surface area contributed by atoms with Crippen molar-refractivity contribution in [2.45, 2.75) is 9.79 Å². The van der Waals surface area contributed by atoms with E-state index >= 15 is 0 Å². The Bertz CT molecular complexity index is 683. The molecular formula is C7H8BrN3O4S2. The van der Waals surface area contributed by atoms with Crippen molar-refractivity contribution in [3.8, 4) is 0 Å². The van der Waals surface area contributed by atoms with Crippen molar-refractivity contribution in [2.75, 3.05) is 12.0 Å². The van der Waals surface area contributed by atoms with Crippen LogP contribution in [0.2, 0.25) is 0 Å². The van der Waals surface area contributed by atoms with E-state index in [-0.39, 0.29) is 20.9 Å². The minimum atomic E-state index is -3.98. The first kappa shape index (κ1) is 12.8. The molecule has 0 unspecified atom stereocenters. The second-order valence-corrected chi connectivity index (χ2v) is 7.44. The van der Waals surface area contributed by atoms with Crippen molar-refractivity contribution < 1.29 is 16.8 Å². The van der Waals surface area contributed by atoms with Crippen LogP contribution in [-0.2, 0) is 20.0 Å². The van der Waals surface area contributed by atoms with E-state index in [1.165, 1.54) is 6.07 Å². The number of halogens is 1. The summed E-state index contributed by atoms with van der Waals surface area (Å²) in [7, 11) is -7.68. The normalized spacial score (nSPS) is 18.2. The Morgan fingerprint density at radius 1 is 1.35 bits per heavy atom. The van der Waals surface area contributed by atoms with Gasteiger partial charge in [-0.15, -0.1) is 0 Å². The third-order valence-electron chi connectivity index (χ3n) is 2.17. The zero-order valence-electron chi connectivity index (χ0n) is 8.27. The molecule has 10 heteroatoms. The van der Waals surface area contributed by atoms with Gasteiger partial charge >= 0.3 is 0 Å². The van der Waals surface area contributed by atoms with E-state index in [0.717, 1.165) is 6.07 Å². The summed E-state index contributed by atoms with van der Waals surface area (Å²) < 4.78 is 48.3. The first-order chi connectivity index (χ1) is 7.72. The highest BCUT2D eigenvalue weighted by Gasteiger charge is 2.26. The second kappa shape index (κ2) is 3.92. The molecule has 0 aliphatic carbocycles. The molecule has 0 fully saturated rings. The fourth-order valence-corrected chi connectivity index (χ4v) is 4.24. The van der Waals surface area contributed by atoms with Gasteiger partial charge in [-0.1, -0.05) is 0 Å². The molecule has 0 amide bonds. The molecule has 0 atom stereocenters. The summed E-state index contributed by atoms with van der Waals surface area (Å²) >= 11 is 3.03. The van der Waals surface area contributed by atoms with Gasteiger partial charge in [0.1, 0.15) is 4.90 Å². The highest BCUT2D eigenvalue weighted by atomic mass is 79.9. The Balaban J connectivity index is 2.79. The fraction of sp³-hybridized carbons (Fsp3) is 0.143. The molecular weight excluding hydrogens is 334 g/mol. The van der Waals surface area contributed by atoms with Gasteiger partial charge in [-0.2, -0.15) is 4.72 Å². The summed E-state index contributed by atoms with van der Waals surface area (Å²) in [6.45, 7) is 0.0521. The zero-order valence-corrected chi connectivity index (χ0v) is 11.5. The summed E-state index contributed by atoms with van der Waals surface area (Å²) in [5.41, 5.74) is 0.322. The number of hydrogen-bond acceptors (Lipinski definition) is 5. The van der Waals surface area contributed by atoms with Crippen LogP contribution in [0.3, 0.4) is 0 Å². The first-order valence-electron chi connectivity index (χ1n) is 4.32. The molecule has 1 heterocycles. The van der Waals surface area contributed by atoms with Crippen LogP contribution in [0.5, 0.6) is 0 Å². The summed E-state index contributed by atoms with van der Waals surface area (Å²) in [6, 6.07) is 2.39. The first-order valence-corrected chi connectivity index (χ1v) is 8.14. The number of sulfonamides is 2. The second-order valence-electron chi connectivity index (χ2n) is 3.33. The lowest BCUT2D eigenvalue weighted by molar-refractivity contribution is 0.581. The smallest absolute Gasteiger partial charge is 0.244 e. The number of primary sulfonamides is 1. The summed E-state index contributed by atoms with van der Waals surface area (Å²) in [5, 5.41) is 7.77. The summed E-state index contributed by atoms with van der Waals surface area (Å²) in [4.78, 5) is -0.415. The van der Waals surface area contributed by atoms with Crippen molar-refractivity contribution in [3.63, 3.8) is 0 Å². The lowest BCUT2D eigenvalue weighted by atomic mass is 10.3. The highest BCUT2D eigenvalue weighted by Crippen LogP contribution is 2.32. The SMILES string of the molecule is NS(=O)(=O)c1cc2c(cc1Br)NCNS2(=O)=O. The maximum atomic E-state index is 11.7. The molecule has 17 heavy (non-hydrogen) atoms. The third kappa shape index (κ3) is 2.31. The molecule has 1 aliphatic heterocycles. The Kier molecular flexibility index (Phi) is 2.94. The Hall–Kier alpha value is -0.680. The van der Waals surface area contributed by atoms with Crippen molar-refractivity contribution in [1.82, 2.24) is 4.72 Å². The number of nitrogens with one attached hydrogen (secondary N) is 2. The Morgan fingerprint density at radius 2 is 2.00 bits per heavy atom. The average Bonchev–Trinajstić information content (AvgIpc) is 2.13. The Morgan fingerprint density at radius 3 is 2.59 bits per heavy atom. The van der Waals surface area contributed by atoms with Crippen molar-refractivity contribution >= 4 is 41.7 Å². The lowest BCUT2D eigenvalue weighted by Crippen LogP contribution is -2.34. The van der Waals surface area contributed by atoms with Crippen LogP contribution in [0.15, 0.2) is 26.4 Å². The van der Waals surface area contributed by atoms with Gasteiger partial charge in [-0.05, 0) is 28.1 Å². The van der Waals surface area contributed by atoms with Crippen LogP contribution in [-0.4, -0.2) is 23.5 Å². The van der Waals surface area contributed by atoms with Gasteiger partial charge in [-0.25, -0.2) is 22.0 Å². The number of benzene rings is 1. The zero-order chi connectivity index (χ0) is 12.8. The molecule has 0 saturated heterocycles. The van der Waals surface area contributed by atoms with Crippen LogP contribution in [0.1, 0.15) is 0 Å². The number of fused-ring (bicyclic) bond motifs is 1. The molecule has 0 saturated carbocycles. The minimum Gasteiger partial charge on any atom is -0.370 e.